The third kappa shape index (κ3) is 2.96. The Labute approximate surface area is 138 Å². The first-order chi connectivity index (χ1) is 10.7. The second kappa shape index (κ2) is 6.67. The van der Waals surface area contributed by atoms with Crippen LogP contribution in [0.2, 0.25) is 5.02 Å². The molecule has 4 nitrogen and oxygen atoms in total. The SMILES string of the molecule is CCOc1ccc(Cl)c(C(=O)N2CCC[C@@H]2c2ccsc2)n1. The van der Waals surface area contributed by atoms with E-state index in [1.165, 1.54) is 5.56 Å². The maximum atomic E-state index is 12.9. The number of hydrogen-bond acceptors (Lipinski definition) is 4. The fourth-order valence-corrected chi connectivity index (χ4v) is 3.65. The summed E-state index contributed by atoms with van der Waals surface area (Å²) in [5.74, 6) is 0.307. The number of nitrogens with zero attached hydrogens (tertiary/aromatic N) is 2. The van der Waals surface area contributed by atoms with Crippen molar-refractivity contribution < 1.29 is 9.53 Å². The summed E-state index contributed by atoms with van der Waals surface area (Å²) < 4.78 is 5.37. The molecule has 2 aromatic heterocycles. The van der Waals surface area contributed by atoms with Crippen LogP contribution in [0, 0.1) is 0 Å². The van der Waals surface area contributed by atoms with Gasteiger partial charge in [0.05, 0.1) is 17.7 Å². The minimum Gasteiger partial charge on any atom is -0.478 e. The Kier molecular flexibility index (Phi) is 4.64. The van der Waals surface area contributed by atoms with Gasteiger partial charge in [-0.05, 0) is 48.2 Å². The van der Waals surface area contributed by atoms with Crippen molar-refractivity contribution in [2.75, 3.05) is 13.2 Å². The highest BCUT2D eigenvalue weighted by molar-refractivity contribution is 7.08. The number of rotatable bonds is 4. The molecule has 2 aromatic rings. The van der Waals surface area contributed by atoms with Crippen molar-refractivity contribution in [3.05, 3.63) is 45.2 Å². The number of hydrogen-bond donors (Lipinski definition) is 0. The summed E-state index contributed by atoms with van der Waals surface area (Å²) in [4.78, 5) is 19.0. The van der Waals surface area contributed by atoms with Gasteiger partial charge in [-0.25, -0.2) is 4.98 Å². The van der Waals surface area contributed by atoms with Gasteiger partial charge >= 0.3 is 0 Å². The van der Waals surface area contributed by atoms with Gasteiger partial charge in [-0.15, -0.1) is 0 Å². The summed E-state index contributed by atoms with van der Waals surface area (Å²) in [5.41, 5.74) is 1.46. The molecule has 0 radical (unpaired) electrons. The number of carbonyl (C=O) groups is 1. The predicted molar refractivity (Wildman–Crippen MR) is 87.7 cm³/mol. The van der Waals surface area contributed by atoms with Gasteiger partial charge in [0.2, 0.25) is 5.88 Å². The second-order valence-electron chi connectivity index (χ2n) is 5.13. The van der Waals surface area contributed by atoms with Gasteiger partial charge in [0.15, 0.2) is 5.69 Å². The third-order valence-electron chi connectivity index (χ3n) is 3.76. The molecule has 0 bridgehead atoms. The van der Waals surface area contributed by atoms with Crippen LogP contribution in [0.5, 0.6) is 5.88 Å². The number of thiophene rings is 1. The molecule has 1 fully saturated rings. The Bertz CT molecular complexity index is 660. The van der Waals surface area contributed by atoms with Gasteiger partial charge < -0.3 is 9.64 Å². The van der Waals surface area contributed by atoms with E-state index in [2.05, 4.69) is 16.4 Å². The zero-order valence-electron chi connectivity index (χ0n) is 12.3. The Morgan fingerprint density at radius 3 is 3.09 bits per heavy atom. The lowest BCUT2D eigenvalue weighted by Crippen LogP contribution is -2.31. The maximum Gasteiger partial charge on any atom is 0.274 e. The minimum atomic E-state index is -0.125. The molecule has 0 unspecified atom stereocenters. The standard InChI is InChI=1S/C16H17ClN2O2S/c1-2-21-14-6-5-12(17)15(18-14)16(20)19-8-3-4-13(19)11-7-9-22-10-11/h5-7,9-10,13H,2-4,8H2,1H3/t13-/m1/s1. The molecule has 1 aliphatic rings. The highest BCUT2D eigenvalue weighted by atomic mass is 35.5. The van der Waals surface area contributed by atoms with Crippen LogP contribution in [0.25, 0.3) is 0 Å². The average molecular weight is 337 g/mol. The van der Waals surface area contributed by atoms with Gasteiger partial charge in [0, 0.05) is 12.6 Å². The van der Waals surface area contributed by atoms with Crippen LogP contribution in [-0.2, 0) is 0 Å². The average Bonchev–Trinajstić information content (AvgIpc) is 3.19. The van der Waals surface area contributed by atoms with Crippen LogP contribution in [0.1, 0.15) is 41.9 Å². The molecule has 0 aliphatic carbocycles. The molecular weight excluding hydrogens is 320 g/mol. The first kappa shape index (κ1) is 15.3. The minimum absolute atomic E-state index is 0.118. The summed E-state index contributed by atoms with van der Waals surface area (Å²) in [6.07, 6.45) is 1.97. The summed E-state index contributed by atoms with van der Waals surface area (Å²) in [5, 5.41) is 4.50. The van der Waals surface area contributed by atoms with Gasteiger partial charge in [-0.2, -0.15) is 11.3 Å². The quantitative estimate of drug-likeness (QED) is 0.841. The molecule has 1 saturated heterocycles. The fourth-order valence-electron chi connectivity index (χ4n) is 2.76. The molecule has 1 amide bonds. The van der Waals surface area contributed by atoms with Crippen LogP contribution < -0.4 is 4.74 Å². The van der Waals surface area contributed by atoms with E-state index in [4.69, 9.17) is 16.3 Å². The van der Waals surface area contributed by atoms with E-state index in [9.17, 15) is 4.79 Å². The zero-order valence-corrected chi connectivity index (χ0v) is 13.9. The predicted octanol–water partition coefficient (Wildman–Crippen LogP) is 4.17. The Morgan fingerprint density at radius 2 is 2.36 bits per heavy atom. The van der Waals surface area contributed by atoms with E-state index in [-0.39, 0.29) is 17.6 Å². The Hall–Kier alpha value is -1.59. The smallest absolute Gasteiger partial charge is 0.274 e. The highest BCUT2D eigenvalue weighted by Gasteiger charge is 2.32. The van der Waals surface area contributed by atoms with E-state index < -0.39 is 0 Å². The van der Waals surface area contributed by atoms with Gasteiger partial charge in [-0.1, -0.05) is 11.6 Å². The molecule has 0 spiro atoms. The molecule has 3 heterocycles. The number of amides is 1. The molecule has 0 N–H and O–H groups in total. The molecule has 1 atom stereocenters. The molecule has 3 rings (SSSR count). The van der Waals surface area contributed by atoms with Crippen molar-refractivity contribution in [1.29, 1.82) is 0 Å². The second-order valence-corrected chi connectivity index (χ2v) is 6.31. The van der Waals surface area contributed by atoms with Crippen LogP contribution in [0.4, 0.5) is 0 Å². The number of ether oxygens (including phenoxy) is 1. The van der Waals surface area contributed by atoms with E-state index in [1.54, 1.807) is 23.5 Å². The van der Waals surface area contributed by atoms with Crippen molar-refractivity contribution in [2.45, 2.75) is 25.8 Å². The van der Waals surface area contributed by atoms with E-state index in [0.717, 1.165) is 19.4 Å². The molecule has 22 heavy (non-hydrogen) atoms. The first-order valence-electron chi connectivity index (χ1n) is 7.33. The van der Waals surface area contributed by atoms with Gasteiger partial charge in [0.1, 0.15) is 0 Å². The van der Waals surface area contributed by atoms with Gasteiger partial charge in [0.25, 0.3) is 5.91 Å². The van der Waals surface area contributed by atoms with E-state index in [1.807, 2.05) is 17.2 Å². The Morgan fingerprint density at radius 1 is 1.50 bits per heavy atom. The maximum absolute atomic E-state index is 12.9. The molecule has 6 heteroatoms. The summed E-state index contributed by atoms with van der Waals surface area (Å²) in [6, 6.07) is 5.55. The number of aromatic nitrogens is 1. The lowest BCUT2D eigenvalue weighted by Gasteiger charge is -2.24. The van der Waals surface area contributed by atoms with Crippen molar-refractivity contribution >= 4 is 28.8 Å². The lowest BCUT2D eigenvalue weighted by molar-refractivity contribution is 0.0729. The lowest BCUT2D eigenvalue weighted by atomic mass is 10.1. The number of pyridine rings is 1. The highest BCUT2D eigenvalue weighted by Crippen LogP contribution is 2.35. The Balaban J connectivity index is 1.88. The van der Waals surface area contributed by atoms with Crippen molar-refractivity contribution in [3.63, 3.8) is 0 Å². The van der Waals surface area contributed by atoms with Crippen molar-refractivity contribution in [1.82, 2.24) is 9.88 Å². The number of carbonyl (C=O) groups excluding carboxylic acids is 1. The molecule has 116 valence electrons. The monoisotopic (exact) mass is 336 g/mol. The van der Waals surface area contributed by atoms with Crippen molar-refractivity contribution in [3.8, 4) is 5.88 Å². The van der Waals surface area contributed by atoms with Gasteiger partial charge in [-0.3, -0.25) is 4.79 Å². The zero-order chi connectivity index (χ0) is 15.5. The van der Waals surface area contributed by atoms with Crippen molar-refractivity contribution in [2.24, 2.45) is 0 Å². The molecule has 0 aromatic carbocycles. The molecule has 0 saturated carbocycles. The van der Waals surface area contributed by atoms with Crippen LogP contribution in [0.15, 0.2) is 29.0 Å². The molecular formula is C16H17ClN2O2S. The van der Waals surface area contributed by atoms with E-state index >= 15 is 0 Å². The third-order valence-corrected chi connectivity index (χ3v) is 4.76. The normalized spacial score (nSPS) is 17.7. The van der Waals surface area contributed by atoms with Crippen LogP contribution in [-0.4, -0.2) is 28.9 Å². The number of likely N-dealkylation sites (tertiary alicyclic amines) is 1. The summed E-state index contributed by atoms with van der Waals surface area (Å²) in [6.45, 7) is 3.12. The molecule has 1 aliphatic heterocycles. The van der Waals surface area contributed by atoms with E-state index in [0.29, 0.717) is 17.5 Å². The first-order valence-corrected chi connectivity index (χ1v) is 8.65. The number of halogens is 1. The fraction of sp³-hybridized carbons (Fsp3) is 0.375. The topological polar surface area (TPSA) is 42.4 Å². The van der Waals surface area contributed by atoms with Crippen LogP contribution >= 0.6 is 22.9 Å². The summed E-state index contributed by atoms with van der Waals surface area (Å²) >= 11 is 7.83. The largest absolute Gasteiger partial charge is 0.478 e. The summed E-state index contributed by atoms with van der Waals surface area (Å²) in [7, 11) is 0. The van der Waals surface area contributed by atoms with Crippen LogP contribution in [0.3, 0.4) is 0 Å².